The number of hydrogen-bond donors (Lipinski definition) is 0. The molecular formula is C23H27F4N3O4. The SMILES string of the molecule is CCCCOc1cc(F)c(/N=N/c2c(F)cc(N(OCC)C(=O)OC(C)(C)C)cc2F)c(F)c1. The molecule has 11 heteroatoms. The number of azo groups is 1. The van der Waals surface area contributed by atoms with E-state index in [4.69, 9.17) is 14.3 Å². The Morgan fingerprint density at radius 1 is 0.912 bits per heavy atom. The van der Waals surface area contributed by atoms with Crippen LogP contribution in [0.15, 0.2) is 34.5 Å². The fourth-order valence-electron chi connectivity index (χ4n) is 2.59. The van der Waals surface area contributed by atoms with Crippen molar-refractivity contribution in [2.24, 2.45) is 10.2 Å². The van der Waals surface area contributed by atoms with E-state index in [-0.39, 0.29) is 24.7 Å². The second kappa shape index (κ2) is 11.8. The molecule has 0 aliphatic carbocycles. The summed E-state index contributed by atoms with van der Waals surface area (Å²) in [5, 5.41) is 7.26. The van der Waals surface area contributed by atoms with Gasteiger partial charge in [0.15, 0.2) is 34.6 Å². The highest BCUT2D eigenvalue weighted by Gasteiger charge is 2.26. The molecule has 0 aliphatic rings. The van der Waals surface area contributed by atoms with E-state index < -0.39 is 46.3 Å². The van der Waals surface area contributed by atoms with Gasteiger partial charge in [-0.25, -0.2) is 22.4 Å². The molecular weight excluding hydrogens is 458 g/mol. The first kappa shape index (κ1) is 27.0. The van der Waals surface area contributed by atoms with Crippen molar-refractivity contribution in [2.45, 2.75) is 53.1 Å². The third-order valence-corrected chi connectivity index (χ3v) is 4.06. The number of hydroxylamine groups is 1. The van der Waals surface area contributed by atoms with Crippen LogP contribution in [0.4, 0.5) is 39.4 Å². The number of carbonyl (C=O) groups excluding carboxylic acids is 1. The van der Waals surface area contributed by atoms with Gasteiger partial charge >= 0.3 is 6.09 Å². The molecule has 0 heterocycles. The van der Waals surface area contributed by atoms with E-state index in [0.717, 1.165) is 30.7 Å². The van der Waals surface area contributed by atoms with Gasteiger partial charge in [-0.1, -0.05) is 13.3 Å². The van der Waals surface area contributed by atoms with Gasteiger partial charge in [-0.2, -0.15) is 5.06 Å². The lowest BCUT2D eigenvalue weighted by molar-refractivity contribution is 0.0250. The van der Waals surface area contributed by atoms with Crippen molar-refractivity contribution in [3.8, 4) is 5.75 Å². The minimum atomic E-state index is -1.24. The van der Waals surface area contributed by atoms with Crippen molar-refractivity contribution < 1.29 is 36.7 Å². The molecule has 0 aromatic heterocycles. The number of rotatable bonds is 9. The van der Waals surface area contributed by atoms with Gasteiger partial charge in [0.05, 0.1) is 18.9 Å². The number of carbonyl (C=O) groups is 1. The van der Waals surface area contributed by atoms with Crippen molar-refractivity contribution in [3.05, 3.63) is 47.5 Å². The van der Waals surface area contributed by atoms with E-state index >= 15 is 0 Å². The first-order valence-corrected chi connectivity index (χ1v) is 10.7. The topological polar surface area (TPSA) is 72.7 Å². The van der Waals surface area contributed by atoms with E-state index in [9.17, 15) is 22.4 Å². The lowest BCUT2D eigenvalue weighted by Gasteiger charge is -2.26. The molecule has 2 aromatic carbocycles. The summed E-state index contributed by atoms with van der Waals surface area (Å²) in [4.78, 5) is 17.5. The first-order chi connectivity index (χ1) is 16.0. The number of benzene rings is 2. The molecule has 7 nitrogen and oxygen atoms in total. The van der Waals surface area contributed by atoms with E-state index in [1.165, 1.54) is 0 Å². The van der Waals surface area contributed by atoms with Gasteiger partial charge in [0, 0.05) is 24.3 Å². The highest BCUT2D eigenvalue weighted by atomic mass is 19.1. The number of unbranched alkanes of at least 4 members (excludes halogenated alkanes) is 1. The zero-order valence-electron chi connectivity index (χ0n) is 19.6. The van der Waals surface area contributed by atoms with Gasteiger partial charge in [-0.3, -0.25) is 4.84 Å². The van der Waals surface area contributed by atoms with Gasteiger partial charge in [-0.15, -0.1) is 10.2 Å². The zero-order valence-corrected chi connectivity index (χ0v) is 19.6. The highest BCUT2D eigenvalue weighted by Crippen LogP contribution is 2.33. The smallest absolute Gasteiger partial charge is 0.439 e. The molecule has 0 unspecified atom stereocenters. The van der Waals surface area contributed by atoms with Crippen molar-refractivity contribution in [1.82, 2.24) is 0 Å². The van der Waals surface area contributed by atoms with Gasteiger partial charge in [-0.05, 0) is 34.1 Å². The predicted octanol–water partition coefficient (Wildman–Crippen LogP) is 7.53. The molecule has 2 aromatic rings. The molecule has 0 spiro atoms. The summed E-state index contributed by atoms with van der Waals surface area (Å²) in [6.07, 6.45) is 0.550. The van der Waals surface area contributed by atoms with E-state index in [1.54, 1.807) is 27.7 Å². The number of anilines is 1. The Labute approximate surface area is 195 Å². The van der Waals surface area contributed by atoms with Crippen molar-refractivity contribution in [3.63, 3.8) is 0 Å². The average molecular weight is 485 g/mol. The van der Waals surface area contributed by atoms with Gasteiger partial charge in [0.2, 0.25) is 0 Å². The highest BCUT2D eigenvalue weighted by molar-refractivity contribution is 5.86. The Balaban J connectivity index is 2.32. The van der Waals surface area contributed by atoms with Crippen molar-refractivity contribution >= 4 is 23.2 Å². The number of halogens is 4. The minimum Gasteiger partial charge on any atom is -0.493 e. The minimum absolute atomic E-state index is 0.000643. The second-order valence-corrected chi connectivity index (χ2v) is 8.09. The largest absolute Gasteiger partial charge is 0.493 e. The fourth-order valence-corrected chi connectivity index (χ4v) is 2.59. The van der Waals surface area contributed by atoms with Crippen LogP contribution in [0.1, 0.15) is 47.5 Å². The predicted molar refractivity (Wildman–Crippen MR) is 118 cm³/mol. The molecule has 0 N–H and O–H groups in total. The maximum atomic E-state index is 14.6. The van der Waals surface area contributed by atoms with Crippen molar-refractivity contribution in [2.75, 3.05) is 18.3 Å². The van der Waals surface area contributed by atoms with E-state index in [0.29, 0.717) is 11.5 Å². The second-order valence-electron chi connectivity index (χ2n) is 8.09. The van der Waals surface area contributed by atoms with Crippen LogP contribution in [-0.2, 0) is 9.57 Å². The van der Waals surface area contributed by atoms with Crippen LogP contribution in [-0.4, -0.2) is 24.9 Å². The normalized spacial score (nSPS) is 11.7. The molecule has 34 heavy (non-hydrogen) atoms. The van der Waals surface area contributed by atoms with E-state index in [1.807, 2.05) is 6.92 Å². The third-order valence-electron chi connectivity index (χ3n) is 4.06. The summed E-state index contributed by atoms with van der Waals surface area (Å²) < 4.78 is 68.2. The summed E-state index contributed by atoms with van der Waals surface area (Å²) in [7, 11) is 0. The maximum Gasteiger partial charge on any atom is 0.439 e. The van der Waals surface area contributed by atoms with Crippen molar-refractivity contribution in [1.29, 1.82) is 0 Å². The molecule has 0 aliphatic heterocycles. The Bertz CT molecular complexity index is 995. The molecule has 1 amide bonds. The van der Waals surface area contributed by atoms with Crippen LogP contribution in [0.3, 0.4) is 0 Å². The Kier molecular flexibility index (Phi) is 9.36. The number of hydrogen-bond acceptors (Lipinski definition) is 6. The van der Waals surface area contributed by atoms with Crippen LogP contribution in [0.2, 0.25) is 0 Å². The summed E-state index contributed by atoms with van der Waals surface area (Å²) in [5.41, 5.74) is -2.94. The maximum absolute atomic E-state index is 14.6. The molecule has 0 radical (unpaired) electrons. The van der Waals surface area contributed by atoms with Gasteiger partial charge in [0.1, 0.15) is 11.4 Å². The third kappa shape index (κ3) is 7.41. The van der Waals surface area contributed by atoms with E-state index in [2.05, 4.69) is 10.2 Å². The summed E-state index contributed by atoms with van der Waals surface area (Å²) in [6, 6.07) is 3.33. The van der Waals surface area contributed by atoms with Crippen LogP contribution in [0.5, 0.6) is 5.75 Å². The lowest BCUT2D eigenvalue weighted by atomic mass is 10.2. The standard InChI is InChI=1S/C23H27F4N3O4/c1-6-8-9-32-15-12-18(26)21(19(27)13-15)29-28-20-16(24)10-14(11-17(20)25)30(33-7-2)22(31)34-23(3,4)5/h10-13H,6-9H2,1-5H3/b29-28+. The van der Waals surface area contributed by atoms with Crippen LogP contribution in [0.25, 0.3) is 0 Å². The molecule has 0 saturated heterocycles. The van der Waals surface area contributed by atoms with Crippen LogP contribution in [0, 0.1) is 23.3 Å². The quantitative estimate of drug-likeness (QED) is 0.159. The fraction of sp³-hybridized carbons (Fsp3) is 0.435. The monoisotopic (exact) mass is 485 g/mol. The first-order valence-electron chi connectivity index (χ1n) is 10.7. The Morgan fingerprint density at radius 3 is 1.85 bits per heavy atom. The molecule has 0 atom stereocenters. The van der Waals surface area contributed by atoms with Gasteiger partial charge < -0.3 is 9.47 Å². The summed E-state index contributed by atoms with van der Waals surface area (Å²) in [6.45, 7) is 8.62. The number of nitrogens with zero attached hydrogens (tertiary/aromatic N) is 3. The number of amides is 1. The molecule has 2 rings (SSSR count). The summed E-state index contributed by atoms with van der Waals surface area (Å²) >= 11 is 0. The van der Waals surface area contributed by atoms with Gasteiger partial charge in [0.25, 0.3) is 0 Å². The number of ether oxygens (including phenoxy) is 2. The molecule has 0 bridgehead atoms. The average Bonchev–Trinajstić information content (AvgIpc) is 2.71. The van der Waals surface area contributed by atoms with Crippen LogP contribution >= 0.6 is 0 Å². The Morgan fingerprint density at radius 2 is 1.41 bits per heavy atom. The van der Waals surface area contributed by atoms with Crippen LogP contribution < -0.4 is 9.80 Å². The molecule has 0 saturated carbocycles. The zero-order chi connectivity index (χ0) is 25.5. The Hall–Kier alpha value is -3.21. The molecule has 186 valence electrons. The lowest BCUT2D eigenvalue weighted by Crippen LogP contribution is -2.37. The summed E-state index contributed by atoms with van der Waals surface area (Å²) in [5.74, 6) is -4.75. The molecule has 0 fully saturated rings.